The fourth-order valence-electron chi connectivity index (χ4n) is 1.37. The predicted octanol–water partition coefficient (Wildman–Crippen LogP) is 2.05. The van der Waals surface area contributed by atoms with Gasteiger partial charge in [0, 0.05) is 16.6 Å². The summed E-state index contributed by atoms with van der Waals surface area (Å²) >= 11 is 3.26. The number of hydrogen-bond acceptors (Lipinski definition) is 2. The van der Waals surface area contributed by atoms with Gasteiger partial charge in [0.1, 0.15) is 5.82 Å². The van der Waals surface area contributed by atoms with Crippen molar-refractivity contribution in [2.45, 2.75) is 6.10 Å². The van der Waals surface area contributed by atoms with Crippen LogP contribution in [0.25, 0.3) is 0 Å². The van der Waals surface area contributed by atoms with Gasteiger partial charge in [-0.1, -0.05) is 15.9 Å². The van der Waals surface area contributed by atoms with E-state index in [1.165, 1.54) is 6.07 Å². The number of halogens is 2. The Kier molecular flexibility index (Phi) is 1.81. The number of aliphatic hydroxyl groups is 1. The van der Waals surface area contributed by atoms with Gasteiger partial charge in [-0.25, -0.2) is 4.39 Å². The first kappa shape index (κ1) is 8.01. The van der Waals surface area contributed by atoms with Gasteiger partial charge in [-0.05, 0) is 12.1 Å². The maximum absolute atomic E-state index is 13.0. The van der Waals surface area contributed by atoms with E-state index >= 15 is 0 Å². The number of aliphatic hydroxyl groups excluding tert-OH is 1. The molecule has 0 amide bonds. The Balaban J connectivity index is 2.64. The molecule has 1 heterocycles. The summed E-state index contributed by atoms with van der Waals surface area (Å²) in [6.45, 7) is 0.384. The van der Waals surface area contributed by atoms with Crippen molar-refractivity contribution in [2.24, 2.45) is 0 Å². The Bertz CT molecular complexity index is 329. The number of β-amino-alcohol motifs (C(OH)–C–C–N with tert-alkyl or cyclic N) is 1. The van der Waals surface area contributed by atoms with Crippen LogP contribution in [0.3, 0.4) is 0 Å². The van der Waals surface area contributed by atoms with Crippen molar-refractivity contribution in [3.05, 3.63) is 28.0 Å². The third kappa shape index (κ3) is 1.03. The van der Waals surface area contributed by atoms with Gasteiger partial charge in [0.05, 0.1) is 11.8 Å². The standard InChI is InChI=1S/C8H7BrFNO/c9-4-1-2-5(10)8-7(4)6(12)3-11-8/h1-2,6,11-12H,3H2. The molecule has 1 aromatic carbocycles. The van der Waals surface area contributed by atoms with Crippen molar-refractivity contribution in [3.8, 4) is 0 Å². The molecule has 0 radical (unpaired) electrons. The molecule has 0 aromatic heterocycles. The Morgan fingerprint density at radius 2 is 2.33 bits per heavy atom. The molecule has 4 heteroatoms. The number of fused-ring (bicyclic) bond motifs is 1. The molecular formula is C8H7BrFNO. The Morgan fingerprint density at radius 1 is 1.58 bits per heavy atom. The third-order valence-electron chi connectivity index (χ3n) is 1.95. The van der Waals surface area contributed by atoms with Crippen molar-refractivity contribution in [2.75, 3.05) is 11.9 Å². The summed E-state index contributed by atoms with van der Waals surface area (Å²) in [7, 11) is 0. The van der Waals surface area contributed by atoms with Gasteiger partial charge in [0.15, 0.2) is 0 Å². The first-order chi connectivity index (χ1) is 5.70. The molecule has 2 N–H and O–H groups in total. The highest BCUT2D eigenvalue weighted by molar-refractivity contribution is 9.10. The number of anilines is 1. The molecule has 2 rings (SSSR count). The number of hydrogen-bond donors (Lipinski definition) is 2. The van der Waals surface area contributed by atoms with Gasteiger partial charge >= 0.3 is 0 Å². The van der Waals surface area contributed by atoms with Crippen molar-refractivity contribution in [1.29, 1.82) is 0 Å². The van der Waals surface area contributed by atoms with Crippen molar-refractivity contribution >= 4 is 21.6 Å². The van der Waals surface area contributed by atoms with Crippen molar-refractivity contribution in [1.82, 2.24) is 0 Å². The fourth-order valence-corrected chi connectivity index (χ4v) is 1.97. The van der Waals surface area contributed by atoms with E-state index < -0.39 is 6.10 Å². The molecule has 64 valence electrons. The van der Waals surface area contributed by atoms with Crippen LogP contribution in [-0.2, 0) is 0 Å². The van der Waals surface area contributed by atoms with E-state index in [4.69, 9.17) is 0 Å². The van der Waals surface area contributed by atoms with Gasteiger partial charge in [0.25, 0.3) is 0 Å². The second kappa shape index (κ2) is 2.71. The zero-order valence-electron chi connectivity index (χ0n) is 6.14. The average molecular weight is 232 g/mol. The van der Waals surface area contributed by atoms with Crippen molar-refractivity contribution < 1.29 is 9.50 Å². The second-order valence-corrected chi connectivity index (χ2v) is 3.57. The minimum Gasteiger partial charge on any atom is -0.386 e. The lowest BCUT2D eigenvalue weighted by Gasteiger charge is -2.04. The van der Waals surface area contributed by atoms with Gasteiger partial charge in [-0.3, -0.25) is 0 Å². The summed E-state index contributed by atoms with van der Waals surface area (Å²) in [5.41, 5.74) is 1.03. The Hall–Kier alpha value is -0.610. The molecule has 12 heavy (non-hydrogen) atoms. The lowest BCUT2D eigenvalue weighted by Crippen LogP contribution is -1.99. The van der Waals surface area contributed by atoms with Crippen LogP contribution in [0.2, 0.25) is 0 Å². The minimum absolute atomic E-state index is 0.315. The zero-order valence-corrected chi connectivity index (χ0v) is 7.73. The topological polar surface area (TPSA) is 32.3 Å². The largest absolute Gasteiger partial charge is 0.386 e. The first-order valence-electron chi connectivity index (χ1n) is 3.60. The van der Waals surface area contributed by atoms with E-state index in [1.54, 1.807) is 6.07 Å². The number of nitrogens with one attached hydrogen (secondary N) is 1. The molecule has 0 fully saturated rings. The zero-order chi connectivity index (χ0) is 8.72. The van der Waals surface area contributed by atoms with Crippen molar-refractivity contribution in [3.63, 3.8) is 0 Å². The van der Waals surface area contributed by atoms with Crippen LogP contribution in [0.5, 0.6) is 0 Å². The molecule has 1 aromatic rings. The van der Waals surface area contributed by atoms with Crippen LogP contribution in [0.15, 0.2) is 16.6 Å². The average Bonchev–Trinajstić information content (AvgIpc) is 2.42. The van der Waals surface area contributed by atoms with E-state index in [0.29, 0.717) is 17.8 Å². The summed E-state index contributed by atoms with van der Waals surface area (Å²) in [5, 5.41) is 12.2. The molecule has 0 saturated heterocycles. The molecule has 0 aliphatic carbocycles. The number of benzene rings is 1. The lowest BCUT2D eigenvalue weighted by molar-refractivity contribution is 0.199. The smallest absolute Gasteiger partial charge is 0.146 e. The molecule has 0 saturated carbocycles. The van der Waals surface area contributed by atoms with Gasteiger partial charge in [-0.15, -0.1) is 0 Å². The van der Waals surface area contributed by atoms with Crippen LogP contribution in [0.1, 0.15) is 11.7 Å². The highest BCUT2D eigenvalue weighted by atomic mass is 79.9. The van der Waals surface area contributed by atoms with Gasteiger partial charge < -0.3 is 10.4 Å². The fraction of sp³-hybridized carbons (Fsp3) is 0.250. The van der Waals surface area contributed by atoms with Crippen LogP contribution < -0.4 is 5.32 Å². The summed E-state index contributed by atoms with van der Waals surface area (Å²) in [5.74, 6) is -0.315. The van der Waals surface area contributed by atoms with E-state index in [0.717, 1.165) is 4.47 Å². The summed E-state index contributed by atoms with van der Waals surface area (Å²) < 4.78 is 13.8. The minimum atomic E-state index is -0.606. The highest BCUT2D eigenvalue weighted by Crippen LogP contribution is 2.37. The molecule has 1 unspecified atom stereocenters. The SMILES string of the molecule is OC1CNc2c(F)ccc(Br)c21. The quantitative estimate of drug-likeness (QED) is 0.717. The molecule has 0 spiro atoms. The van der Waals surface area contributed by atoms with E-state index in [1.807, 2.05) is 0 Å². The van der Waals surface area contributed by atoms with Gasteiger partial charge in [-0.2, -0.15) is 0 Å². The molecule has 1 aliphatic heterocycles. The van der Waals surface area contributed by atoms with Crippen LogP contribution in [-0.4, -0.2) is 11.7 Å². The van der Waals surface area contributed by atoms with Crippen LogP contribution in [0.4, 0.5) is 10.1 Å². The summed E-state index contributed by atoms with van der Waals surface area (Å²) in [6, 6.07) is 2.97. The second-order valence-electron chi connectivity index (χ2n) is 2.71. The van der Waals surface area contributed by atoms with E-state index in [9.17, 15) is 9.50 Å². The highest BCUT2D eigenvalue weighted by Gasteiger charge is 2.24. The number of rotatable bonds is 0. The van der Waals surface area contributed by atoms with Crippen LogP contribution >= 0.6 is 15.9 Å². The molecule has 2 nitrogen and oxygen atoms in total. The molecule has 0 bridgehead atoms. The summed E-state index contributed by atoms with van der Waals surface area (Å²) in [4.78, 5) is 0. The molecule has 1 aliphatic rings. The van der Waals surface area contributed by atoms with E-state index in [2.05, 4.69) is 21.2 Å². The Morgan fingerprint density at radius 3 is 3.00 bits per heavy atom. The normalized spacial score (nSPS) is 20.4. The lowest BCUT2D eigenvalue weighted by atomic mass is 10.1. The monoisotopic (exact) mass is 231 g/mol. The van der Waals surface area contributed by atoms with E-state index in [-0.39, 0.29) is 5.82 Å². The maximum Gasteiger partial charge on any atom is 0.146 e. The molecular weight excluding hydrogens is 225 g/mol. The van der Waals surface area contributed by atoms with Crippen LogP contribution in [0, 0.1) is 5.82 Å². The third-order valence-corrected chi connectivity index (χ3v) is 2.64. The summed E-state index contributed by atoms with van der Waals surface area (Å²) in [6.07, 6.45) is -0.606. The predicted molar refractivity (Wildman–Crippen MR) is 47.5 cm³/mol. The first-order valence-corrected chi connectivity index (χ1v) is 4.39. The molecule has 1 atom stereocenters. The maximum atomic E-state index is 13.0. The van der Waals surface area contributed by atoms with Gasteiger partial charge in [0.2, 0.25) is 0 Å². The Labute approximate surface area is 77.5 Å².